The lowest BCUT2D eigenvalue weighted by Crippen LogP contribution is -2.53. The van der Waals surface area contributed by atoms with Crippen LogP contribution >= 0.6 is 0 Å². The summed E-state index contributed by atoms with van der Waals surface area (Å²) < 4.78 is 23.3. The van der Waals surface area contributed by atoms with Crippen LogP contribution in [0.5, 0.6) is 0 Å². The lowest BCUT2D eigenvalue weighted by molar-refractivity contribution is -0.148. The molecule has 0 fully saturated rings. The average Bonchev–Trinajstić information content (AvgIpc) is 2.46. The third-order valence-corrected chi connectivity index (χ3v) is 6.66. The standard InChI is InChI=1S/C17H20O4S/c1-16(2,15(18)19)17(22(3,20)21)11-9-14(10-12-17)13-7-5-4-6-8-13/h4-11H,12H2,1-3H3,(H,18,19). The Hall–Kier alpha value is -1.88. The molecule has 1 aromatic rings. The zero-order valence-corrected chi connectivity index (χ0v) is 13.7. The highest BCUT2D eigenvalue weighted by molar-refractivity contribution is 7.92. The second kappa shape index (κ2) is 5.39. The molecule has 4 nitrogen and oxygen atoms in total. The Balaban J connectivity index is 2.50. The van der Waals surface area contributed by atoms with E-state index in [0.29, 0.717) is 0 Å². The highest BCUT2D eigenvalue weighted by Gasteiger charge is 2.55. The van der Waals surface area contributed by atoms with Crippen molar-refractivity contribution in [2.75, 3.05) is 6.26 Å². The SMILES string of the molecule is CC(C)(C(=O)O)C1(S(C)(=O)=O)C=CC(c2ccccc2)=CC1. The van der Waals surface area contributed by atoms with Crippen LogP contribution < -0.4 is 0 Å². The molecule has 0 radical (unpaired) electrons. The van der Waals surface area contributed by atoms with E-state index in [1.54, 1.807) is 18.2 Å². The first-order chi connectivity index (χ1) is 10.1. The van der Waals surface area contributed by atoms with Crippen LogP contribution in [0.3, 0.4) is 0 Å². The molecule has 22 heavy (non-hydrogen) atoms. The topological polar surface area (TPSA) is 71.4 Å². The van der Waals surface area contributed by atoms with Gasteiger partial charge in [0.15, 0.2) is 9.84 Å². The number of aliphatic carboxylic acids is 1. The highest BCUT2D eigenvalue weighted by Crippen LogP contribution is 2.45. The third-order valence-electron chi connectivity index (χ3n) is 4.52. The predicted octanol–water partition coefficient (Wildman–Crippen LogP) is 2.92. The molecule has 1 aliphatic carbocycles. The number of hydrogen-bond acceptors (Lipinski definition) is 3. The Bertz CT molecular complexity index is 742. The maximum absolute atomic E-state index is 12.4. The smallest absolute Gasteiger partial charge is 0.311 e. The molecular weight excluding hydrogens is 300 g/mol. The van der Waals surface area contributed by atoms with Crippen LogP contribution in [-0.2, 0) is 14.6 Å². The van der Waals surface area contributed by atoms with E-state index in [1.807, 2.05) is 30.3 Å². The van der Waals surface area contributed by atoms with E-state index < -0.39 is 26.0 Å². The largest absolute Gasteiger partial charge is 0.481 e. The predicted molar refractivity (Wildman–Crippen MR) is 87.2 cm³/mol. The molecule has 1 aliphatic rings. The minimum Gasteiger partial charge on any atom is -0.481 e. The first-order valence-corrected chi connectivity index (χ1v) is 8.89. The van der Waals surface area contributed by atoms with Gasteiger partial charge < -0.3 is 5.11 Å². The summed E-state index contributed by atoms with van der Waals surface area (Å²) in [6.45, 7) is 2.92. The number of allylic oxidation sites excluding steroid dienone is 3. The van der Waals surface area contributed by atoms with Crippen molar-refractivity contribution in [2.45, 2.75) is 25.0 Å². The van der Waals surface area contributed by atoms with Crippen molar-refractivity contribution in [1.82, 2.24) is 0 Å². The van der Waals surface area contributed by atoms with Gasteiger partial charge in [-0.2, -0.15) is 0 Å². The van der Waals surface area contributed by atoms with Gasteiger partial charge in [-0.25, -0.2) is 8.42 Å². The number of carboxylic acid groups (broad SMARTS) is 1. The van der Waals surface area contributed by atoms with Crippen LogP contribution in [0.1, 0.15) is 25.8 Å². The molecule has 2 rings (SSSR count). The van der Waals surface area contributed by atoms with Crippen LogP contribution in [0.4, 0.5) is 0 Å². The molecule has 0 spiro atoms. The molecule has 0 amide bonds. The molecule has 1 unspecified atom stereocenters. The third kappa shape index (κ3) is 2.50. The van der Waals surface area contributed by atoms with Crippen LogP contribution in [-0.4, -0.2) is 30.5 Å². The monoisotopic (exact) mass is 320 g/mol. The lowest BCUT2D eigenvalue weighted by atomic mass is 9.73. The molecule has 1 atom stereocenters. The van der Waals surface area contributed by atoms with Crippen LogP contribution in [0.25, 0.3) is 5.57 Å². The number of carbonyl (C=O) groups is 1. The van der Waals surface area contributed by atoms with Gasteiger partial charge in [0, 0.05) is 6.26 Å². The van der Waals surface area contributed by atoms with Crippen molar-refractivity contribution >= 4 is 21.4 Å². The van der Waals surface area contributed by atoms with Crippen LogP contribution in [0.15, 0.2) is 48.6 Å². The molecule has 0 bridgehead atoms. The van der Waals surface area contributed by atoms with Crippen molar-refractivity contribution in [3.8, 4) is 0 Å². The molecule has 1 aromatic carbocycles. The van der Waals surface area contributed by atoms with Gasteiger partial charge in [0.25, 0.3) is 0 Å². The number of rotatable bonds is 4. The molecule has 118 valence electrons. The Morgan fingerprint density at radius 2 is 1.82 bits per heavy atom. The van der Waals surface area contributed by atoms with Gasteiger partial charge in [0.05, 0.1) is 5.41 Å². The normalized spacial score (nSPS) is 22.2. The molecule has 0 aromatic heterocycles. The zero-order valence-electron chi connectivity index (χ0n) is 12.9. The number of benzene rings is 1. The quantitative estimate of drug-likeness (QED) is 0.926. The molecule has 0 saturated heterocycles. The summed E-state index contributed by atoms with van der Waals surface area (Å²) in [5.41, 5.74) is 0.463. The van der Waals surface area contributed by atoms with Gasteiger partial charge in [0.2, 0.25) is 0 Å². The van der Waals surface area contributed by atoms with Crippen molar-refractivity contribution in [1.29, 1.82) is 0 Å². The first-order valence-electron chi connectivity index (χ1n) is 7.00. The summed E-state index contributed by atoms with van der Waals surface area (Å²) >= 11 is 0. The maximum atomic E-state index is 12.4. The van der Waals surface area contributed by atoms with Gasteiger partial charge in [-0.15, -0.1) is 0 Å². The summed E-state index contributed by atoms with van der Waals surface area (Å²) in [5, 5.41) is 9.49. The minimum atomic E-state index is -3.61. The van der Waals surface area contributed by atoms with Crippen molar-refractivity contribution in [2.24, 2.45) is 5.41 Å². The maximum Gasteiger partial charge on any atom is 0.311 e. The van der Waals surface area contributed by atoms with E-state index in [9.17, 15) is 18.3 Å². The second-order valence-corrected chi connectivity index (χ2v) is 8.43. The highest BCUT2D eigenvalue weighted by atomic mass is 32.2. The van der Waals surface area contributed by atoms with Crippen LogP contribution in [0, 0.1) is 5.41 Å². The first kappa shape index (κ1) is 16.5. The molecule has 5 heteroatoms. The second-order valence-electron chi connectivity index (χ2n) is 6.15. The molecule has 0 saturated carbocycles. The Morgan fingerprint density at radius 3 is 2.23 bits per heavy atom. The van der Waals surface area contributed by atoms with E-state index >= 15 is 0 Å². The molecule has 1 N–H and O–H groups in total. The molecular formula is C17H20O4S. The van der Waals surface area contributed by atoms with Crippen molar-refractivity contribution in [3.05, 3.63) is 54.1 Å². The summed E-state index contributed by atoms with van der Waals surface area (Å²) in [4.78, 5) is 11.6. The van der Waals surface area contributed by atoms with Gasteiger partial charge in [0.1, 0.15) is 4.75 Å². The number of carboxylic acids is 1. The van der Waals surface area contributed by atoms with Crippen molar-refractivity contribution < 1.29 is 18.3 Å². The number of hydrogen-bond donors (Lipinski definition) is 1. The lowest BCUT2D eigenvalue weighted by Gasteiger charge is -2.41. The zero-order chi connectivity index (χ0) is 16.6. The molecule has 0 aliphatic heterocycles. The van der Waals surface area contributed by atoms with Gasteiger partial charge in [-0.1, -0.05) is 48.6 Å². The molecule has 0 heterocycles. The summed E-state index contributed by atoms with van der Waals surface area (Å²) in [5.74, 6) is -1.13. The van der Waals surface area contributed by atoms with Gasteiger partial charge >= 0.3 is 5.97 Å². The average molecular weight is 320 g/mol. The van der Waals surface area contributed by atoms with E-state index in [1.165, 1.54) is 13.8 Å². The Kier molecular flexibility index (Phi) is 4.04. The fraction of sp³-hybridized carbons (Fsp3) is 0.353. The van der Waals surface area contributed by atoms with Gasteiger partial charge in [-0.3, -0.25) is 4.79 Å². The van der Waals surface area contributed by atoms with E-state index in [2.05, 4.69) is 0 Å². The summed E-state index contributed by atoms with van der Waals surface area (Å²) in [6.07, 6.45) is 6.31. The van der Waals surface area contributed by atoms with Crippen LogP contribution in [0.2, 0.25) is 0 Å². The number of sulfone groups is 1. The fourth-order valence-electron chi connectivity index (χ4n) is 2.85. The van der Waals surface area contributed by atoms with Crippen molar-refractivity contribution in [3.63, 3.8) is 0 Å². The summed E-state index contributed by atoms with van der Waals surface area (Å²) in [6, 6.07) is 9.59. The van der Waals surface area contributed by atoms with Gasteiger partial charge in [-0.05, 0) is 31.4 Å². The van der Waals surface area contributed by atoms with E-state index in [-0.39, 0.29) is 6.42 Å². The summed E-state index contributed by atoms with van der Waals surface area (Å²) in [7, 11) is -3.61. The minimum absolute atomic E-state index is 0.145. The Morgan fingerprint density at radius 1 is 1.23 bits per heavy atom. The van der Waals surface area contributed by atoms with E-state index in [4.69, 9.17) is 0 Å². The Labute approximate surface area is 131 Å². The fourth-order valence-corrected chi connectivity index (χ4v) is 4.57. The van der Waals surface area contributed by atoms with E-state index in [0.717, 1.165) is 17.4 Å².